The summed E-state index contributed by atoms with van der Waals surface area (Å²) in [6.07, 6.45) is 3.25. The number of fused-ring (bicyclic) bond motifs is 1. The topological polar surface area (TPSA) is 41.5 Å². The summed E-state index contributed by atoms with van der Waals surface area (Å²) in [5.74, 6) is 0.625. The van der Waals surface area contributed by atoms with Crippen molar-refractivity contribution >= 4 is 11.6 Å². The molecule has 3 rings (SSSR count). The summed E-state index contributed by atoms with van der Waals surface area (Å²) in [4.78, 5) is 11.3. The Morgan fingerprint density at radius 1 is 1.29 bits per heavy atom. The molecule has 0 saturated heterocycles. The first-order chi connectivity index (χ1) is 8.29. The number of benzene rings is 1. The minimum atomic E-state index is 0.0846. The zero-order valence-electron chi connectivity index (χ0n) is 9.94. The quantitative estimate of drug-likeness (QED) is 0.845. The van der Waals surface area contributed by atoms with E-state index in [4.69, 9.17) is 0 Å². The van der Waals surface area contributed by atoms with E-state index in [1.807, 2.05) is 0 Å². The molecule has 1 aliphatic carbocycles. The van der Waals surface area contributed by atoms with Gasteiger partial charge in [0, 0.05) is 11.8 Å². The predicted octanol–water partition coefficient (Wildman–Crippen LogP) is 2.11. The number of hydrogen-bond donors (Lipinski definition) is 1. The second-order valence-electron chi connectivity index (χ2n) is 4.87. The lowest BCUT2D eigenvalue weighted by Gasteiger charge is -2.12. The Balaban J connectivity index is 1.83. The maximum atomic E-state index is 11.3. The molecule has 0 aromatic heterocycles. The fourth-order valence-corrected chi connectivity index (χ4v) is 2.48. The smallest absolute Gasteiger partial charge is 0.243 e. The highest BCUT2D eigenvalue weighted by Gasteiger charge is 2.49. The second kappa shape index (κ2) is 3.99. The molecule has 0 spiro atoms. The molecule has 1 amide bonds. The zero-order valence-corrected chi connectivity index (χ0v) is 9.94. The molecule has 3 nitrogen and oxygen atoms in total. The molecule has 17 heavy (non-hydrogen) atoms. The third-order valence-corrected chi connectivity index (χ3v) is 3.55. The fourth-order valence-electron chi connectivity index (χ4n) is 2.48. The van der Waals surface area contributed by atoms with Crippen LogP contribution in [0.3, 0.4) is 0 Å². The summed E-state index contributed by atoms with van der Waals surface area (Å²) in [6, 6.07) is 8.57. The van der Waals surface area contributed by atoms with Gasteiger partial charge in [-0.15, -0.1) is 0 Å². The summed E-state index contributed by atoms with van der Waals surface area (Å²) in [6.45, 7) is 2.18. The summed E-state index contributed by atoms with van der Waals surface area (Å²) < 4.78 is 0. The van der Waals surface area contributed by atoms with Crippen molar-refractivity contribution in [3.8, 4) is 0 Å². The average Bonchev–Trinajstić information content (AvgIpc) is 3.12. The van der Waals surface area contributed by atoms with Crippen LogP contribution in [-0.2, 0) is 11.2 Å². The number of hydrazone groups is 1. The molecule has 0 bridgehead atoms. The van der Waals surface area contributed by atoms with Crippen molar-refractivity contribution in [2.45, 2.75) is 26.2 Å². The van der Waals surface area contributed by atoms with Crippen molar-refractivity contribution in [3.63, 3.8) is 0 Å². The van der Waals surface area contributed by atoms with Gasteiger partial charge in [0.15, 0.2) is 0 Å². The van der Waals surface area contributed by atoms with Gasteiger partial charge in [-0.3, -0.25) is 4.79 Å². The summed E-state index contributed by atoms with van der Waals surface area (Å²) in [5.41, 5.74) is 6.18. The van der Waals surface area contributed by atoms with Crippen LogP contribution < -0.4 is 5.43 Å². The Morgan fingerprint density at radius 2 is 2.06 bits per heavy atom. The number of carbonyl (C=O) groups is 1. The first kappa shape index (κ1) is 10.5. The second-order valence-corrected chi connectivity index (χ2v) is 4.87. The Bertz CT molecular complexity index is 476. The number of hydrogen-bond acceptors (Lipinski definition) is 2. The standard InChI is InChI=1S/C14H16N2O/c1-2-3-9-4-6-10(7-5-9)13-11-8-12(11)14(17)16-15-13/h4-7,11-12H,2-3,8H2,1H3,(H,16,17)/t11-,12+/m0/s1. The predicted molar refractivity (Wildman–Crippen MR) is 66.7 cm³/mol. The molecule has 1 aliphatic heterocycles. The molecular formula is C14H16N2O. The van der Waals surface area contributed by atoms with E-state index in [2.05, 4.69) is 41.7 Å². The minimum absolute atomic E-state index is 0.0846. The number of carbonyl (C=O) groups excluding carboxylic acids is 1. The van der Waals surface area contributed by atoms with Crippen LogP contribution in [0, 0.1) is 11.8 Å². The molecule has 0 unspecified atom stereocenters. The van der Waals surface area contributed by atoms with Gasteiger partial charge in [-0.05, 0) is 24.0 Å². The van der Waals surface area contributed by atoms with Crippen LogP contribution in [0.4, 0.5) is 0 Å². The molecule has 88 valence electrons. The number of nitrogens with one attached hydrogen (secondary N) is 1. The molecule has 3 heteroatoms. The monoisotopic (exact) mass is 228 g/mol. The molecule has 1 N–H and O–H groups in total. The lowest BCUT2D eigenvalue weighted by Crippen LogP contribution is -2.28. The third-order valence-electron chi connectivity index (χ3n) is 3.55. The summed E-state index contributed by atoms with van der Waals surface area (Å²) in [7, 11) is 0. The Labute approximate surface area is 101 Å². The minimum Gasteiger partial charge on any atom is -0.273 e. The maximum absolute atomic E-state index is 11.3. The van der Waals surface area contributed by atoms with E-state index in [0.29, 0.717) is 5.92 Å². The number of rotatable bonds is 3. The van der Waals surface area contributed by atoms with E-state index in [1.165, 1.54) is 12.0 Å². The first-order valence-electron chi connectivity index (χ1n) is 6.26. The molecule has 2 aliphatic rings. The lowest BCUT2D eigenvalue weighted by molar-refractivity contribution is -0.122. The average molecular weight is 228 g/mol. The van der Waals surface area contributed by atoms with E-state index >= 15 is 0 Å². The number of aryl methyl sites for hydroxylation is 1. The van der Waals surface area contributed by atoms with E-state index in [0.717, 1.165) is 24.1 Å². The van der Waals surface area contributed by atoms with Crippen molar-refractivity contribution in [1.82, 2.24) is 5.43 Å². The van der Waals surface area contributed by atoms with Crippen molar-refractivity contribution in [2.24, 2.45) is 16.9 Å². The molecule has 1 heterocycles. The van der Waals surface area contributed by atoms with Crippen LogP contribution in [0.1, 0.15) is 30.9 Å². The van der Waals surface area contributed by atoms with Gasteiger partial charge in [0.2, 0.25) is 5.91 Å². The maximum Gasteiger partial charge on any atom is 0.243 e. The van der Waals surface area contributed by atoms with Gasteiger partial charge in [0.1, 0.15) is 0 Å². The molecule has 2 atom stereocenters. The lowest BCUT2D eigenvalue weighted by atomic mass is 10.0. The summed E-state index contributed by atoms with van der Waals surface area (Å²) >= 11 is 0. The van der Waals surface area contributed by atoms with E-state index in [-0.39, 0.29) is 11.8 Å². The van der Waals surface area contributed by atoms with Gasteiger partial charge >= 0.3 is 0 Å². The molecular weight excluding hydrogens is 212 g/mol. The highest BCUT2D eigenvalue weighted by Crippen LogP contribution is 2.43. The van der Waals surface area contributed by atoms with Crippen LogP contribution in [-0.4, -0.2) is 11.6 Å². The van der Waals surface area contributed by atoms with E-state index < -0.39 is 0 Å². The molecule has 1 fully saturated rings. The van der Waals surface area contributed by atoms with Crippen molar-refractivity contribution in [3.05, 3.63) is 35.4 Å². The normalized spacial score (nSPS) is 25.9. The number of nitrogens with zero attached hydrogens (tertiary/aromatic N) is 1. The molecule has 1 saturated carbocycles. The van der Waals surface area contributed by atoms with Gasteiger partial charge in [-0.25, -0.2) is 5.43 Å². The highest BCUT2D eigenvalue weighted by atomic mass is 16.2. The number of amides is 1. The third kappa shape index (κ3) is 1.86. The van der Waals surface area contributed by atoms with Crippen molar-refractivity contribution in [2.75, 3.05) is 0 Å². The van der Waals surface area contributed by atoms with Gasteiger partial charge in [0.25, 0.3) is 0 Å². The van der Waals surface area contributed by atoms with Gasteiger partial charge < -0.3 is 0 Å². The zero-order chi connectivity index (χ0) is 11.8. The van der Waals surface area contributed by atoms with E-state index in [9.17, 15) is 4.79 Å². The van der Waals surface area contributed by atoms with Gasteiger partial charge in [-0.2, -0.15) is 5.10 Å². The Hall–Kier alpha value is -1.64. The Kier molecular flexibility index (Phi) is 2.46. The van der Waals surface area contributed by atoms with Crippen molar-refractivity contribution < 1.29 is 4.79 Å². The molecule has 1 aromatic rings. The van der Waals surface area contributed by atoms with Crippen LogP contribution in [0.2, 0.25) is 0 Å². The fraction of sp³-hybridized carbons (Fsp3) is 0.429. The molecule has 1 aromatic carbocycles. The van der Waals surface area contributed by atoms with Gasteiger partial charge in [0.05, 0.1) is 5.71 Å². The largest absolute Gasteiger partial charge is 0.273 e. The van der Waals surface area contributed by atoms with Crippen LogP contribution in [0.15, 0.2) is 29.4 Å². The summed E-state index contributed by atoms with van der Waals surface area (Å²) in [5, 5.41) is 4.20. The first-order valence-corrected chi connectivity index (χ1v) is 6.26. The van der Waals surface area contributed by atoms with E-state index in [1.54, 1.807) is 0 Å². The van der Waals surface area contributed by atoms with Crippen molar-refractivity contribution in [1.29, 1.82) is 0 Å². The van der Waals surface area contributed by atoms with Gasteiger partial charge in [-0.1, -0.05) is 37.6 Å². The van der Waals surface area contributed by atoms with Crippen LogP contribution in [0.5, 0.6) is 0 Å². The Morgan fingerprint density at radius 3 is 2.76 bits per heavy atom. The highest BCUT2D eigenvalue weighted by molar-refractivity contribution is 6.09. The SMILES string of the molecule is CCCc1ccc(C2=NNC(=O)[C@@H]3C[C@H]23)cc1. The van der Waals surface area contributed by atoms with Crippen LogP contribution in [0.25, 0.3) is 0 Å². The molecule has 0 radical (unpaired) electrons. The van der Waals surface area contributed by atoms with Crippen LogP contribution >= 0.6 is 0 Å².